The molecular formula is C21H24O3S. The van der Waals surface area contributed by atoms with Crippen LogP contribution in [0, 0.1) is 0 Å². The molecule has 0 saturated heterocycles. The molecular weight excluding hydrogens is 332 g/mol. The molecule has 0 bridgehead atoms. The summed E-state index contributed by atoms with van der Waals surface area (Å²) in [6, 6.07) is 19.2. The maximum absolute atomic E-state index is 10.8. The van der Waals surface area contributed by atoms with Gasteiger partial charge < -0.3 is 9.47 Å². The van der Waals surface area contributed by atoms with Crippen molar-refractivity contribution in [2.45, 2.75) is 12.2 Å². The minimum absolute atomic E-state index is 0.275. The summed E-state index contributed by atoms with van der Waals surface area (Å²) >= 11 is 1.84. The van der Waals surface area contributed by atoms with Crippen LogP contribution in [0.1, 0.15) is 16.7 Å². The first kappa shape index (κ1) is 19.3. The topological polar surface area (TPSA) is 35.5 Å². The number of hydrogen-bond acceptors (Lipinski definition) is 4. The predicted molar refractivity (Wildman–Crippen MR) is 104 cm³/mol. The van der Waals surface area contributed by atoms with Gasteiger partial charge in [0.15, 0.2) is 0 Å². The first-order chi connectivity index (χ1) is 12.3. The molecule has 0 N–H and O–H groups in total. The Labute approximate surface area is 154 Å². The second kappa shape index (κ2) is 11.5. The van der Waals surface area contributed by atoms with E-state index in [9.17, 15) is 4.79 Å². The molecule has 2 rings (SSSR count). The second-order valence-electron chi connectivity index (χ2n) is 5.52. The highest BCUT2D eigenvalue weighted by Gasteiger charge is 2.00. The largest absolute Gasteiger partial charge is 0.460 e. The molecule has 0 saturated carbocycles. The van der Waals surface area contributed by atoms with Gasteiger partial charge in [-0.15, -0.1) is 0 Å². The van der Waals surface area contributed by atoms with Gasteiger partial charge in [-0.05, 0) is 23.1 Å². The Morgan fingerprint density at radius 1 is 0.960 bits per heavy atom. The second-order valence-corrected chi connectivity index (χ2v) is 6.62. The molecule has 3 nitrogen and oxygen atoms in total. The van der Waals surface area contributed by atoms with E-state index < -0.39 is 5.97 Å². The van der Waals surface area contributed by atoms with Gasteiger partial charge in [0.1, 0.15) is 6.61 Å². The lowest BCUT2D eigenvalue weighted by Crippen LogP contribution is -2.09. The lowest BCUT2D eigenvalue weighted by atomic mass is 10.0. The normalized spacial score (nSPS) is 10.4. The van der Waals surface area contributed by atoms with Gasteiger partial charge in [-0.2, -0.15) is 11.8 Å². The molecule has 0 aliphatic carbocycles. The van der Waals surface area contributed by atoms with E-state index in [1.165, 1.54) is 16.7 Å². The van der Waals surface area contributed by atoms with E-state index in [0.29, 0.717) is 13.2 Å². The van der Waals surface area contributed by atoms with E-state index in [0.717, 1.165) is 24.0 Å². The van der Waals surface area contributed by atoms with Crippen molar-refractivity contribution in [3.63, 3.8) is 0 Å². The van der Waals surface area contributed by atoms with E-state index in [4.69, 9.17) is 9.47 Å². The zero-order valence-electron chi connectivity index (χ0n) is 14.4. The van der Waals surface area contributed by atoms with Crippen molar-refractivity contribution in [2.24, 2.45) is 0 Å². The van der Waals surface area contributed by atoms with Crippen molar-refractivity contribution in [2.75, 3.05) is 25.6 Å². The van der Waals surface area contributed by atoms with Crippen molar-refractivity contribution in [1.29, 1.82) is 0 Å². The van der Waals surface area contributed by atoms with Gasteiger partial charge in [0, 0.05) is 17.6 Å². The molecule has 0 aliphatic rings. The Morgan fingerprint density at radius 2 is 1.72 bits per heavy atom. The molecule has 2 aromatic carbocycles. The van der Waals surface area contributed by atoms with Crippen molar-refractivity contribution in [1.82, 2.24) is 0 Å². The third kappa shape index (κ3) is 8.05. The fourth-order valence-corrected chi connectivity index (χ4v) is 3.13. The highest BCUT2D eigenvalue weighted by atomic mass is 32.2. The fraction of sp³-hybridized carbons (Fsp3) is 0.286. The van der Waals surface area contributed by atoms with Gasteiger partial charge in [-0.3, -0.25) is 0 Å². The van der Waals surface area contributed by atoms with Gasteiger partial charge in [-0.1, -0.05) is 61.2 Å². The highest BCUT2D eigenvalue weighted by Crippen LogP contribution is 2.16. The molecule has 0 spiro atoms. The molecule has 0 radical (unpaired) electrons. The Balaban J connectivity index is 1.62. The quantitative estimate of drug-likeness (QED) is 0.342. The van der Waals surface area contributed by atoms with E-state index in [1.807, 2.05) is 17.8 Å². The third-order valence-corrected chi connectivity index (χ3v) is 4.51. The summed E-state index contributed by atoms with van der Waals surface area (Å²) in [4.78, 5) is 10.8. The van der Waals surface area contributed by atoms with Crippen LogP contribution in [0.2, 0.25) is 0 Å². The smallest absolute Gasteiger partial charge is 0.330 e. The molecule has 132 valence electrons. The van der Waals surface area contributed by atoms with Crippen LogP contribution in [0.25, 0.3) is 0 Å². The Hall–Kier alpha value is -2.04. The van der Waals surface area contributed by atoms with E-state index in [-0.39, 0.29) is 6.61 Å². The molecule has 0 aromatic heterocycles. The zero-order valence-corrected chi connectivity index (χ0v) is 15.2. The Bertz CT molecular complexity index is 655. The number of thioether (sulfide) groups is 1. The minimum atomic E-state index is -0.409. The van der Waals surface area contributed by atoms with E-state index >= 15 is 0 Å². The number of carbonyl (C=O) groups excluding carboxylic acids is 1. The van der Waals surface area contributed by atoms with Crippen molar-refractivity contribution >= 4 is 17.7 Å². The Kier molecular flexibility index (Phi) is 8.87. The van der Waals surface area contributed by atoms with Crippen LogP contribution in [0.15, 0.2) is 67.3 Å². The lowest BCUT2D eigenvalue weighted by Gasteiger charge is -2.07. The first-order valence-electron chi connectivity index (χ1n) is 8.34. The van der Waals surface area contributed by atoms with Gasteiger partial charge in [0.2, 0.25) is 0 Å². The summed E-state index contributed by atoms with van der Waals surface area (Å²) in [6.45, 7) is 4.69. The minimum Gasteiger partial charge on any atom is -0.460 e. The van der Waals surface area contributed by atoms with Gasteiger partial charge in [0.05, 0.1) is 13.2 Å². The van der Waals surface area contributed by atoms with Crippen molar-refractivity contribution < 1.29 is 14.3 Å². The molecule has 0 heterocycles. The molecule has 4 heteroatoms. The molecule has 0 amide bonds. The molecule has 0 aliphatic heterocycles. The fourth-order valence-electron chi connectivity index (χ4n) is 2.33. The maximum atomic E-state index is 10.8. The van der Waals surface area contributed by atoms with Crippen LogP contribution in [0.3, 0.4) is 0 Å². The predicted octanol–water partition coefficient (Wildman–Crippen LogP) is 4.26. The van der Waals surface area contributed by atoms with Crippen LogP contribution >= 0.6 is 11.8 Å². The number of esters is 1. The number of benzene rings is 2. The number of rotatable bonds is 11. The standard InChI is InChI=1S/C21H24O3S/c1-2-21(22)24-12-11-23-13-14-25-17-20-10-6-9-19(16-20)15-18-7-4-3-5-8-18/h2-10,16H,1,11-15,17H2. The van der Waals surface area contributed by atoms with Crippen LogP contribution in [-0.2, 0) is 26.4 Å². The number of ether oxygens (including phenoxy) is 2. The molecule has 2 aromatic rings. The highest BCUT2D eigenvalue weighted by molar-refractivity contribution is 7.98. The van der Waals surface area contributed by atoms with Crippen LogP contribution < -0.4 is 0 Å². The SMILES string of the molecule is C=CC(=O)OCCOCCSCc1cccc(Cc2ccccc2)c1. The van der Waals surface area contributed by atoms with Crippen LogP contribution in [-0.4, -0.2) is 31.5 Å². The third-order valence-electron chi connectivity index (χ3n) is 3.52. The zero-order chi connectivity index (χ0) is 17.7. The Morgan fingerprint density at radius 3 is 2.52 bits per heavy atom. The summed E-state index contributed by atoms with van der Waals surface area (Å²) in [5.41, 5.74) is 4.00. The van der Waals surface area contributed by atoms with E-state index in [1.54, 1.807) is 0 Å². The maximum Gasteiger partial charge on any atom is 0.330 e. The molecule has 0 fully saturated rings. The van der Waals surface area contributed by atoms with Crippen molar-refractivity contribution in [3.8, 4) is 0 Å². The van der Waals surface area contributed by atoms with Crippen LogP contribution in [0.4, 0.5) is 0 Å². The van der Waals surface area contributed by atoms with Gasteiger partial charge in [0.25, 0.3) is 0 Å². The molecule has 25 heavy (non-hydrogen) atoms. The monoisotopic (exact) mass is 356 g/mol. The number of hydrogen-bond donors (Lipinski definition) is 0. The molecule has 0 unspecified atom stereocenters. The summed E-state index contributed by atoms with van der Waals surface area (Å²) < 4.78 is 10.3. The summed E-state index contributed by atoms with van der Waals surface area (Å²) in [5.74, 6) is 1.48. The molecule has 0 atom stereocenters. The first-order valence-corrected chi connectivity index (χ1v) is 9.50. The average molecular weight is 356 g/mol. The van der Waals surface area contributed by atoms with Crippen LogP contribution in [0.5, 0.6) is 0 Å². The van der Waals surface area contributed by atoms with E-state index in [2.05, 4.69) is 55.1 Å². The summed E-state index contributed by atoms with van der Waals surface area (Å²) in [7, 11) is 0. The lowest BCUT2D eigenvalue weighted by molar-refractivity contribution is -0.139. The van der Waals surface area contributed by atoms with Gasteiger partial charge in [-0.25, -0.2) is 4.79 Å². The number of carbonyl (C=O) groups is 1. The van der Waals surface area contributed by atoms with Gasteiger partial charge >= 0.3 is 5.97 Å². The van der Waals surface area contributed by atoms with Crippen molar-refractivity contribution in [3.05, 3.63) is 83.9 Å². The summed E-state index contributed by atoms with van der Waals surface area (Å²) in [6.07, 6.45) is 2.12. The average Bonchev–Trinajstić information content (AvgIpc) is 2.65. The summed E-state index contributed by atoms with van der Waals surface area (Å²) in [5, 5.41) is 0.